The Bertz CT molecular complexity index is 1490. The van der Waals surface area contributed by atoms with Crippen molar-refractivity contribution in [2.24, 2.45) is 7.05 Å². The highest BCUT2D eigenvalue weighted by atomic mass is 32.2. The summed E-state index contributed by atoms with van der Waals surface area (Å²) in [4.78, 5) is 26.7. The van der Waals surface area contributed by atoms with Gasteiger partial charge < -0.3 is 14.4 Å². The molecule has 0 spiro atoms. The van der Waals surface area contributed by atoms with Crippen LogP contribution in [-0.2, 0) is 18.1 Å². The molecule has 7 heteroatoms. The van der Waals surface area contributed by atoms with Gasteiger partial charge in [-0.25, -0.2) is 4.21 Å². The van der Waals surface area contributed by atoms with Crippen LogP contribution in [0.15, 0.2) is 70.4 Å². The first-order valence-electron chi connectivity index (χ1n) is 9.67. The second-order valence-corrected chi connectivity index (χ2v) is 8.49. The Morgan fingerprint density at radius 1 is 0.903 bits per heavy atom. The molecule has 5 rings (SSSR count). The molecule has 3 aromatic carbocycles. The Balaban J connectivity index is 1.80. The fourth-order valence-electron chi connectivity index (χ4n) is 4.30. The standard InChI is InChI=1S/C24H18N2O4S/c1-13-20-16-5-3-4-6-17(16)23(27)21-18(11-12-19(22(20)21)26(2)24(13)28)25-14-7-9-15(10-8-14)31(29)30/h3-12,25H,1-2H3,(H,29,30). The summed E-state index contributed by atoms with van der Waals surface area (Å²) in [7, 11) is 1.71. The highest BCUT2D eigenvalue weighted by Gasteiger charge is 2.30. The number of nitrogens with one attached hydrogen (secondary N) is 1. The first-order valence-corrected chi connectivity index (χ1v) is 10.8. The van der Waals surface area contributed by atoms with Crippen molar-refractivity contribution in [2.75, 3.05) is 5.32 Å². The van der Waals surface area contributed by atoms with Gasteiger partial charge in [-0.2, -0.15) is 0 Å². The van der Waals surface area contributed by atoms with Crippen molar-refractivity contribution >= 4 is 39.1 Å². The molecule has 1 atom stereocenters. The molecule has 0 saturated heterocycles. The summed E-state index contributed by atoms with van der Waals surface area (Å²) in [6.45, 7) is 1.79. The number of nitrogens with zero attached hydrogens (tertiary/aromatic N) is 1. The van der Waals surface area contributed by atoms with Crippen LogP contribution in [0.4, 0.5) is 11.4 Å². The molecule has 1 aliphatic carbocycles. The lowest BCUT2D eigenvalue weighted by molar-refractivity contribution is 0.104. The van der Waals surface area contributed by atoms with Crippen LogP contribution in [0.1, 0.15) is 21.5 Å². The van der Waals surface area contributed by atoms with E-state index in [2.05, 4.69) is 5.32 Å². The average molecular weight is 430 g/mol. The van der Waals surface area contributed by atoms with Gasteiger partial charge in [0.25, 0.3) is 5.56 Å². The van der Waals surface area contributed by atoms with Gasteiger partial charge in [0, 0.05) is 34.8 Å². The number of rotatable bonds is 3. The number of carbonyl (C=O) groups is 1. The lowest BCUT2D eigenvalue weighted by Gasteiger charge is -2.25. The number of hydrogen-bond acceptors (Lipinski definition) is 4. The number of fused-ring (bicyclic) bond motifs is 2. The molecule has 1 aliphatic rings. The van der Waals surface area contributed by atoms with Crippen LogP contribution in [0.5, 0.6) is 0 Å². The quantitative estimate of drug-likeness (QED) is 0.415. The minimum atomic E-state index is -2.05. The van der Waals surface area contributed by atoms with E-state index in [1.54, 1.807) is 54.9 Å². The van der Waals surface area contributed by atoms with Gasteiger partial charge >= 0.3 is 0 Å². The van der Waals surface area contributed by atoms with Gasteiger partial charge in [0.1, 0.15) is 0 Å². The smallest absolute Gasteiger partial charge is 0.254 e. The zero-order valence-electron chi connectivity index (χ0n) is 16.8. The van der Waals surface area contributed by atoms with E-state index in [9.17, 15) is 18.4 Å². The van der Waals surface area contributed by atoms with Crippen molar-refractivity contribution in [1.29, 1.82) is 0 Å². The largest absolute Gasteiger partial charge is 0.355 e. The highest BCUT2D eigenvalue weighted by Crippen LogP contribution is 2.43. The number of anilines is 2. The van der Waals surface area contributed by atoms with E-state index < -0.39 is 11.1 Å². The molecule has 0 bridgehead atoms. The van der Waals surface area contributed by atoms with Crippen molar-refractivity contribution in [2.45, 2.75) is 11.8 Å². The summed E-state index contributed by atoms with van der Waals surface area (Å²) in [6, 6.07) is 17.5. The SMILES string of the molecule is Cc1c2c3c(c(Nc4ccc(S(=O)O)cc4)ccc3n(C)c1=O)C(=O)c1ccccc1-2. The molecule has 0 fully saturated rings. The lowest BCUT2D eigenvalue weighted by Crippen LogP contribution is -2.24. The molecule has 1 unspecified atom stereocenters. The zero-order chi connectivity index (χ0) is 21.9. The first-order chi connectivity index (χ1) is 14.9. The third kappa shape index (κ3) is 2.85. The molecule has 0 amide bonds. The predicted molar refractivity (Wildman–Crippen MR) is 122 cm³/mol. The second kappa shape index (κ2) is 7.01. The van der Waals surface area contributed by atoms with Crippen LogP contribution in [0, 0.1) is 6.92 Å². The lowest BCUT2D eigenvalue weighted by atomic mass is 9.81. The maximum absolute atomic E-state index is 13.6. The van der Waals surface area contributed by atoms with Gasteiger partial charge in [-0.15, -0.1) is 0 Å². The third-order valence-electron chi connectivity index (χ3n) is 5.80. The maximum atomic E-state index is 13.6. The van der Waals surface area contributed by atoms with Gasteiger partial charge in [-0.3, -0.25) is 9.59 Å². The Morgan fingerprint density at radius 2 is 1.58 bits per heavy atom. The molecule has 1 aromatic heterocycles. The minimum Gasteiger partial charge on any atom is -0.355 e. The molecule has 4 aromatic rings. The molecule has 2 N–H and O–H groups in total. The average Bonchev–Trinajstić information content (AvgIpc) is 2.77. The van der Waals surface area contributed by atoms with E-state index in [1.807, 2.05) is 24.3 Å². The number of carbonyl (C=O) groups excluding carboxylic acids is 1. The predicted octanol–water partition coefficient (Wildman–Crippen LogP) is 4.38. The molecule has 0 saturated carbocycles. The number of benzene rings is 3. The molecule has 0 radical (unpaired) electrons. The number of aryl methyl sites for hydroxylation is 1. The summed E-state index contributed by atoms with van der Waals surface area (Å²) in [5, 5.41) is 4.02. The molecule has 31 heavy (non-hydrogen) atoms. The van der Waals surface area contributed by atoms with Crippen molar-refractivity contribution in [3.63, 3.8) is 0 Å². The van der Waals surface area contributed by atoms with E-state index in [0.717, 1.165) is 16.5 Å². The Labute approximate surface area is 180 Å². The van der Waals surface area contributed by atoms with Crippen LogP contribution in [0.25, 0.3) is 22.0 Å². The fraction of sp³-hybridized carbons (Fsp3) is 0.0833. The molecule has 1 heterocycles. The molecular weight excluding hydrogens is 412 g/mol. The van der Waals surface area contributed by atoms with Crippen molar-refractivity contribution in [3.8, 4) is 11.1 Å². The summed E-state index contributed by atoms with van der Waals surface area (Å²) >= 11 is -2.05. The Kier molecular flexibility index (Phi) is 4.39. The van der Waals surface area contributed by atoms with Crippen LogP contribution < -0.4 is 10.9 Å². The number of ketones is 1. The van der Waals surface area contributed by atoms with Crippen LogP contribution in [0.3, 0.4) is 0 Å². The van der Waals surface area contributed by atoms with Crippen LogP contribution >= 0.6 is 0 Å². The number of pyridine rings is 1. The molecule has 154 valence electrons. The number of aromatic nitrogens is 1. The van der Waals surface area contributed by atoms with Gasteiger partial charge in [0.15, 0.2) is 16.9 Å². The van der Waals surface area contributed by atoms with Gasteiger partial charge in [-0.1, -0.05) is 24.3 Å². The van der Waals surface area contributed by atoms with Crippen LogP contribution in [0.2, 0.25) is 0 Å². The Morgan fingerprint density at radius 3 is 2.26 bits per heavy atom. The maximum Gasteiger partial charge on any atom is 0.254 e. The molecular formula is C24H18N2O4S. The highest BCUT2D eigenvalue weighted by molar-refractivity contribution is 7.79. The fourth-order valence-corrected chi connectivity index (χ4v) is 4.67. The molecule has 6 nitrogen and oxygen atoms in total. The summed E-state index contributed by atoms with van der Waals surface area (Å²) < 4.78 is 22.0. The van der Waals surface area contributed by atoms with Crippen molar-refractivity contribution in [3.05, 3.63) is 87.7 Å². The van der Waals surface area contributed by atoms with E-state index in [1.165, 1.54) is 0 Å². The van der Waals surface area contributed by atoms with Gasteiger partial charge in [0.05, 0.1) is 21.7 Å². The minimum absolute atomic E-state index is 0.0918. The summed E-state index contributed by atoms with van der Waals surface area (Å²) in [6.07, 6.45) is 0. The zero-order valence-corrected chi connectivity index (χ0v) is 17.6. The number of hydrogen-bond donors (Lipinski definition) is 2. The summed E-state index contributed by atoms with van der Waals surface area (Å²) in [5.74, 6) is -0.109. The first kappa shape index (κ1) is 19.4. The van der Waals surface area contributed by atoms with Gasteiger partial charge in [0.2, 0.25) is 0 Å². The van der Waals surface area contributed by atoms with E-state index in [0.29, 0.717) is 38.5 Å². The normalized spacial score (nSPS) is 13.2. The second-order valence-electron chi connectivity index (χ2n) is 7.52. The van der Waals surface area contributed by atoms with E-state index >= 15 is 0 Å². The topological polar surface area (TPSA) is 88.4 Å². The van der Waals surface area contributed by atoms with Crippen molar-refractivity contribution in [1.82, 2.24) is 4.57 Å². The monoisotopic (exact) mass is 430 g/mol. The van der Waals surface area contributed by atoms with Crippen molar-refractivity contribution < 1.29 is 13.6 Å². The van der Waals surface area contributed by atoms with Gasteiger partial charge in [-0.05, 0) is 48.9 Å². The van der Waals surface area contributed by atoms with E-state index in [4.69, 9.17) is 0 Å². The van der Waals surface area contributed by atoms with E-state index in [-0.39, 0.29) is 11.3 Å². The third-order valence-corrected chi connectivity index (χ3v) is 6.47. The molecule has 0 aliphatic heterocycles. The van der Waals surface area contributed by atoms with Crippen LogP contribution in [-0.4, -0.2) is 19.1 Å². The summed E-state index contributed by atoms with van der Waals surface area (Å²) in [5.41, 5.74) is 5.13. The Hall–Kier alpha value is -3.55.